The Bertz CT molecular complexity index is 357. The number of amides is 2. The predicted molar refractivity (Wildman–Crippen MR) is 69.7 cm³/mol. The van der Waals surface area contributed by atoms with Gasteiger partial charge in [0.2, 0.25) is 0 Å². The number of carbonyl (C=O) groups is 1. The van der Waals surface area contributed by atoms with Gasteiger partial charge in [0.05, 0.1) is 19.2 Å². The lowest BCUT2D eigenvalue weighted by molar-refractivity contribution is -0.0745. The molecule has 3 aliphatic rings. The van der Waals surface area contributed by atoms with Gasteiger partial charge in [0.1, 0.15) is 6.61 Å². The van der Waals surface area contributed by atoms with Gasteiger partial charge in [-0.25, -0.2) is 13.6 Å². The third kappa shape index (κ3) is 3.22. The number of hydrogen-bond acceptors (Lipinski definition) is 2. The topological polar surface area (TPSA) is 41.6 Å². The van der Waals surface area contributed by atoms with E-state index in [1.165, 1.54) is 25.7 Å². The lowest BCUT2D eigenvalue weighted by Crippen LogP contribution is -2.58. The van der Waals surface area contributed by atoms with Gasteiger partial charge in [0, 0.05) is 6.54 Å². The molecular formula is C14H22F2N2O2. The Hall–Kier alpha value is -0.910. The lowest BCUT2D eigenvalue weighted by atomic mass is 9.81. The number of ether oxygens (including phenoxy) is 1. The standard InChI is InChI=1S/C14H22F2N2O2/c15-13(16)8-20-11-6-18(7-11)14(19)17-5-10-4-12(10)9-2-1-3-9/h9-13H,1-8H2,(H,17,19)/t10-,12-/m1/s1. The SMILES string of the molecule is O=C(NC[C@H]1C[C@@H]1C1CCC1)N1CC(OCC(F)F)C1. The maximum absolute atomic E-state index is 11.9. The van der Waals surface area contributed by atoms with Crippen molar-refractivity contribution in [2.24, 2.45) is 17.8 Å². The molecule has 114 valence electrons. The van der Waals surface area contributed by atoms with Crippen molar-refractivity contribution in [3.8, 4) is 0 Å². The molecule has 0 aromatic carbocycles. The highest BCUT2D eigenvalue weighted by Gasteiger charge is 2.44. The highest BCUT2D eigenvalue weighted by atomic mass is 19.3. The molecule has 1 aliphatic heterocycles. The molecule has 2 amide bonds. The van der Waals surface area contributed by atoms with Crippen LogP contribution in [-0.2, 0) is 4.74 Å². The van der Waals surface area contributed by atoms with Crippen LogP contribution in [0.15, 0.2) is 0 Å². The number of nitrogens with one attached hydrogen (secondary N) is 1. The maximum atomic E-state index is 11.9. The van der Waals surface area contributed by atoms with Crippen LogP contribution in [0.5, 0.6) is 0 Å². The summed E-state index contributed by atoms with van der Waals surface area (Å²) in [6, 6.07) is -0.0823. The first-order valence-corrected chi connectivity index (χ1v) is 7.56. The van der Waals surface area contributed by atoms with Crippen molar-refractivity contribution in [2.45, 2.75) is 38.2 Å². The fraction of sp³-hybridized carbons (Fsp3) is 0.929. The predicted octanol–water partition coefficient (Wildman–Crippen LogP) is 2.10. The van der Waals surface area contributed by atoms with Gasteiger partial charge in [0.25, 0.3) is 6.43 Å². The first kappa shape index (κ1) is 14.0. The second-order valence-electron chi connectivity index (χ2n) is 6.29. The van der Waals surface area contributed by atoms with Crippen LogP contribution in [0.25, 0.3) is 0 Å². The van der Waals surface area contributed by atoms with E-state index in [0.717, 1.165) is 18.4 Å². The zero-order chi connectivity index (χ0) is 14.1. The fourth-order valence-corrected chi connectivity index (χ4v) is 3.20. The summed E-state index contributed by atoms with van der Waals surface area (Å²) < 4.78 is 28.8. The monoisotopic (exact) mass is 288 g/mol. The lowest BCUT2D eigenvalue weighted by Gasteiger charge is -2.38. The zero-order valence-electron chi connectivity index (χ0n) is 11.6. The van der Waals surface area contributed by atoms with E-state index in [0.29, 0.717) is 19.0 Å². The first-order valence-electron chi connectivity index (χ1n) is 7.56. The van der Waals surface area contributed by atoms with Gasteiger partial charge in [-0.1, -0.05) is 19.3 Å². The smallest absolute Gasteiger partial charge is 0.317 e. The van der Waals surface area contributed by atoms with E-state index in [9.17, 15) is 13.6 Å². The molecule has 1 heterocycles. The highest BCUT2D eigenvalue weighted by molar-refractivity contribution is 5.75. The summed E-state index contributed by atoms with van der Waals surface area (Å²) in [4.78, 5) is 13.4. The third-order valence-electron chi connectivity index (χ3n) is 4.84. The molecule has 0 spiro atoms. The molecular weight excluding hydrogens is 266 g/mol. The summed E-state index contributed by atoms with van der Waals surface area (Å²) in [6.07, 6.45) is 2.70. The molecule has 0 aromatic rings. The Balaban J connectivity index is 1.26. The van der Waals surface area contributed by atoms with E-state index in [-0.39, 0.29) is 12.1 Å². The van der Waals surface area contributed by atoms with Gasteiger partial charge in [-0.05, 0) is 24.2 Å². The van der Waals surface area contributed by atoms with E-state index in [1.54, 1.807) is 4.90 Å². The number of alkyl halides is 2. The number of urea groups is 1. The minimum atomic E-state index is -2.43. The molecule has 0 radical (unpaired) electrons. The Kier molecular flexibility index (Phi) is 4.10. The van der Waals surface area contributed by atoms with Crippen LogP contribution in [-0.4, -0.2) is 49.7 Å². The Morgan fingerprint density at radius 3 is 2.70 bits per heavy atom. The molecule has 2 aliphatic carbocycles. The molecule has 0 unspecified atom stereocenters. The van der Waals surface area contributed by atoms with Crippen molar-refractivity contribution >= 4 is 6.03 Å². The number of rotatable bonds is 6. The van der Waals surface area contributed by atoms with E-state index in [2.05, 4.69) is 5.32 Å². The third-order valence-corrected chi connectivity index (χ3v) is 4.84. The van der Waals surface area contributed by atoms with Crippen molar-refractivity contribution in [1.82, 2.24) is 10.2 Å². The van der Waals surface area contributed by atoms with Gasteiger partial charge >= 0.3 is 6.03 Å². The Labute approximate surface area is 117 Å². The molecule has 1 N–H and O–H groups in total. The van der Waals surface area contributed by atoms with Crippen LogP contribution in [0.3, 0.4) is 0 Å². The molecule has 2 atom stereocenters. The number of hydrogen-bond donors (Lipinski definition) is 1. The van der Waals surface area contributed by atoms with E-state index >= 15 is 0 Å². The van der Waals surface area contributed by atoms with Gasteiger partial charge in [-0.3, -0.25) is 0 Å². The molecule has 2 saturated carbocycles. The van der Waals surface area contributed by atoms with Crippen LogP contribution in [0.1, 0.15) is 25.7 Å². The second kappa shape index (κ2) is 5.84. The van der Waals surface area contributed by atoms with Gasteiger partial charge in [-0.15, -0.1) is 0 Å². The number of carbonyl (C=O) groups excluding carboxylic acids is 1. The minimum absolute atomic E-state index is 0.0823. The van der Waals surface area contributed by atoms with E-state index in [1.807, 2.05) is 0 Å². The van der Waals surface area contributed by atoms with Crippen molar-refractivity contribution < 1.29 is 18.3 Å². The van der Waals surface area contributed by atoms with Crippen molar-refractivity contribution in [2.75, 3.05) is 26.2 Å². The average Bonchev–Trinajstić information content (AvgIpc) is 3.00. The molecule has 4 nitrogen and oxygen atoms in total. The summed E-state index contributed by atoms with van der Waals surface area (Å²) in [5, 5.41) is 2.95. The molecule has 1 saturated heterocycles. The summed E-state index contributed by atoms with van der Waals surface area (Å²) in [5.74, 6) is 2.41. The molecule has 3 rings (SSSR count). The van der Waals surface area contributed by atoms with E-state index < -0.39 is 13.0 Å². The largest absolute Gasteiger partial charge is 0.369 e. The van der Waals surface area contributed by atoms with Crippen LogP contribution in [0.2, 0.25) is 0 Å². The average molecular weight is 288 g/mol. The van der Waals surface area contributed by atoms with Crippen molar-refractivity contribution in [3.63, 3.8) is 0 Å². The molecule has 0 bridgehead atoms. The molecule has 3 fully saturated rings. The van der Waals surface area contributed by atoms with Crippen LogP contribution in [0, 0.1) is 17.8 Å². The Morgan fingerprint density at radius 1 is 1.35 bits per heavy atom. The molecule has 0 aromatic heterocycles. The van der Waals surface area contributed by atoms with Gasteiger partial charge in [0.15, 0.2) is 0 Å². The molecule has 20 heavy (non-hydrogen) atoms. The number of halogens is 2. The summed E-state index contributed by atoms with van der Waals surface area (Å²) in [7, 11) is 0. The van der Waals surface area contributed by atoms with Gasteiger partial charge in [-0.2, -0.15) is 0 Å². The van der Waals surface area contributed by atoms with Crippen molar-refractivity contribution in [1.29, 1.82) is 0 Å². The summed E-state index contributed by atoms with van der Waals surface area (Å²) in [6.45, 7) is 1.08. The summed E-state index contributed by atoms with van der Waals surface area (Å²) in [5.41, 5.74) is 0. The Morgan fingerprint density at radius 2 is 2.10 bits per heavy atom. The van der Waals surface area contributed by atoms with Crippen molar-refractivity contribution in [3.05, 3.63) is 0 Å². The normalized spacial score (nSPS) is 30.1. The highest BCUT2D eigenvalue weighted by Crippen LogP contribution is 2.51. The molecule has 6 heteroatoms. The van der Waals surface area contributed by atoms with Crippen LogP contribution >= 0.6 is 0 Å². The summed E-state index contributed by atoms with van der Waals surface area (Å²) >= 11 is 0. The number of likely N-dealkylation sites (tertiary alicyclic amines) is 1. The van der Waals surface area contributed by atoms with Crippen LogP contribution in [0.4, 0.5) is 13.6 Å². The number of nitrogens with zero attached hydrogens (tertiary/aromatic N) is 1. The quantitative estimate of drug-likeness (QED) is 0.813. The van der Waals surface area contributed by atoms with E-state index in [4.69, 9.17) is 4.74 Å². The maximum Gasteiger partial charge on any atom is 0.317 e. The fourth-order valence-electron chi connectivity index (χ4n) is 3.20. The zero-order valence-corrected chi connectivity index (χ0v) is 11.6. The second-order valence-corrected chi connectivity index (χ2v) is 6.29. The first-order chi connectivity index (χ1) is 9.63. The van der Waals surface area contributed by atoms with Crippen LogP contribution < -0.4 is 5.32 Å². The minimum Gasteiger partial charge on any atom is -0.369 e. The van der Waals surface area contributed by atoms with Gasteiger partial charge < -0.3 is 15.0 Å².